The summed E-state index contributed by atoms with van der Waals surface area (Å²) in [6.45, 7) is 3.96. The number of nitro benzene ring substituents is 1. The van der Waals surface area contributed by atoms with Gasteiger partial charge in [0.05, 0.1) is 4.92 Å². The molecule has 0 bridgehead atoms. The third-order valence-corrected chi connectivity index (χ3v) is 6.49. The van der Waals surface area contributed by atoms with E-state index >= 15 is 0 Å². The number of fused-ring (bicyclic) bond motifs is 1. The van der Waals surface area contributed by atoms with Gasteiger partial charge in [0, 0.05) is 23.8 Å². The van der Waals surface area contributed by atoms with Gasteiger partial charge in [0.2, 0.25) is 23.7 Å². The first-order valence-electron chi connectivity index (χ1n) is 11.1. The number of nitro groups is 1. The van der Waals surface area contributed by atoms with Crippen LogP contribution in [0.4, 0.5) is 10.8 Å². The Kier molecular flexibility index (Phi) is 7.54. The maximum absolute atomic E-state index is 13.0. The second-order valence-electron chi connectivity index (χ2n) is 8.02. The average Bonchev–Trinajstić information content (AvgIpc) is 3.54. The number of carbonyl (C=O) groups excluding carboxylic acids is 2. The van der Waals surface area contributed by atoms with Crippen LogP contribution in [0, 0.1) is 16.0 Å². The number of non-ortho nitro benzene ring substituents is 1. The molecule has 2 atom stereocenters. The minimum absolute atomic E-state index is 0.0385. The summed E-state index contributed by atoms with van der Waals surface area (Å²) in [5.41, 5.74) is 1.36. The molecule has 0 fully saturated rings. The van der Waals surface area contributed by atoms with E-state index in [1.807, 2.05) is 19.9 Å². The van der Waals surface area contributed by atoms with E-state index in [1.165, 1.54) is 47.8 Å². The highest BCUT2D eigenvalue weighted by Crippen LogP contribution is 2.37. The minimum atomic E-state index is -0.804. The van der Waals surface area contributed by atoms with E-state index in [1.54, 1.807) is 12.1 Å². The summed E-state index contributed by atoms with van der Waals surface area (Å²) >= 11 is 1.20. The van der Waals surface area contributed by atoms with Crippen molar-refractivity contribution in [3.63, 3.8) is 0 Å². The van der Waals surface area contributed by atoms with Crippen LogP contribution >= 0.6 is 11.3 Å². The number of ether oxygens (including phenoxy) is 2. The van der Waals surface area contributed by atoms with Crippen LogP contribution in [-0.4, -0.2) is 39.8 Å². The van der Waals surface area contributed by atoms with Crippen LogP contribution < -0.4 is 20.1 Å². The summed E-state index contributed by atoms with van der Waals surface area (Å²) < 4.78 is 10.7. The molecule has 2 heterocycles. The zero-order valence-corrected chi connectivity index (χ0v) is 20.3. The van der Waals surface area contributed by atoms with Gasteiger partial charge in [0.15, 0.2) is 11.5 Å². The van der Waals surface area contributed by atoms with E-state index in [4.69, 9.17) is 9.47 Å². The number of nitrogens with zero attached hydrogens (tertiary/aromatic N) is 3. The van der Waals surface area contributed by atoms with Gasteiger partial charge in [-0.3, -0.25) is 25.0 Å². The molecule has 0 spiro atoms. The molecule has 2 amide bonds. The van der Waals surface area contributed by atoms with Crippen LogP contribution in [-0.2, 0) is 9.59 Å². The van der Waals surface area contributed by atoms with Gasteiger partial charge in [-0.05, 0) is 47.9 Å². The first-order chi connectivity index (χ1) is 17.3. The third kappa shape index (κ3) is 5.84. The highest BCUT2D eigenvalue weighted by Gasteiger charge is 2.26. The number of hydrogen-bond acceptors (Lipinski definition) is 9. The average molecular weight is 510 g/mol. The molecule has 36 heavy (non-hydrogen) atoms. The Morgan fingerprint density at radius 1 is 1.17 bits per heavy atom. The number of rotatable bonds is 9. The van der Waals surface area contributed by atoms with Crippen LogP contribution in [0.15, 0.2) is 48.5 Å². The van der Waals surface area contributed by atoms with Crippen molar-refractivity contribution in [2.24, 2.45) is 5.92 Å². The molecule has 3 aromatic rings. The molecule has 0 radical (unpaired) electrons. The summed E-state index contributed by atoms with van der Waals surface area (Å²) in [6.07, 6.45) is 3.46. The summed E-state index contributed by atoms with van der Waals surface area (Å²) in [4.78, 5) is 35.8. The van der Waals surface area contributed by atoms with Crippen molar-refractivity contribution in [1.29, 1.82) is 0 Å². The second-order valence-corrected chi connectivity index (χ2v) is 9.00. The third-order valence-electron chi connectivity index (χ3n) is 5.60. The zero-order valence-electron chi connectivity index (χ0n) is 19.5. The molecular weight excluding hydrogens is 486 g/mol. The Hall–Kier alpha value is -4.32. The predicted molar refractivity (Wildman–Crippen MR) is 134 cm³/mol. The maximum Gasteiger partial charge on any atom is 0.269 e. The molecule has 12 heteroatoms. The highest BCUT2D eigenvalue weighted by molar-refractivity contribution is 7.18. The fourth-order valence-corrected chi connectivity index (χ4v) is 4.13. The molecule has 2 N–H and O–H groups in total. The number of benzene rings is 2. The monoisotopic (exact) mass is 509 g/mol. The summed E-state index contributed by atoms with van der Waals surface area (Å²) in [7, 11) is 0. The second kappa shape index (κ2) is 11.0. The van der Waals surface area contributed by atoms with E-state index in [9.17, 15) is 19.7 Å². The van der Waals surface area contributed by atoms with Gasteiger partial charge in [0.25, 0.3) is 5.69 Å². The molecule has 0 saturated carbocycles. The summed E-state index contributed by atoms with van der Waals surface area (Å²) in [5, 5.41) is 25.4. The number of amides is 2. The van der Waals surface area contributed by atoms with E-state index in [-0.39, 0.29) is 18.4 Å². The summed E-state index contributed by atoms with van der Waals surface area (Å²) in [5.74, 6) is 0.256. The molecule has 186 valence electrons. The zero-order chi connectivity index (χ0) is 25.7. The van der Waals surface area contributed by atoms with Crippen LogP contribution in [0.3, 0.4) is 0 Å². The fourth-order valence-electron chi connectivity index (χ4n) is 3.39. The molecule has 1 aliphatic heterocycles. The Morgan fingerprint density at radius 2 is 1.92 bits per heavy atom. The Morgan fingerprint density at radius 3 is 2.64 bits per heavy atom. The molecule has 0 saturated heterocycles. The van der Waals surface area contributed by atoms with Crippen LogP contribution in [0.1, 0.15) is 25.8 Å². The molecule has 4 rings (SSSR count). The standard InChI is InChI=1S/C24H23N5O6S/c1-3-14(2)21(25-20(30)11-6-15-4-8-17(9-5-15)29(32)33)22(31)26-24-28-27-23(36-24)16-7-10-18-19(12-16)35-13-34-18/h4-12,14,21H,3,13H2,1-2H3,(H,25,30)(H,26,28,31). The first kappa shape index (κ1) is 24.8. The van der Waals surface area contributed by atoms with Crippen LogP contribution in [0.2, 0.25) is 0 Å². The van der Waals surface area contributed by atoms with Gasteiger partial charge < -0.3 is 14.8 Å². The normalized spacial score (nSPS) is 13.8. The maximum atomic E-state index is 13.0. The Labute approximate surface area is 210 Å². The van der Waals surface area contributed by atoms with Crippen molar-refractivity contribution in [3.8, 4) is 22.1 Å². The lowest BCUT2D eigenvalue weighted by molar-refractivity contribution is -0.384. The highest BCUT2D eigenvalue weighted by atomic mass is 32.1. The number of hydrogen-bond donors (Lipinski definition) is 2. The van der Waals surface area contributed by atoms with Crippen molar-refractivity contribution >= 4 is 40.0 Å². The van der Waals surface area contributed by atoms with Crippen molar-refractivity contribution in [1.82, 2.24) is 15.5 Å². The van der Waals surface area contributed by atoms with Gasteiger partial charge in [-0.15, -0.1) is 10.2 Å². The van der Waals surface area contributed by atoms with Gasteiger partial charge in [-0.2, -0.15) is 0 Å². The molecule has 11 nitrogen and oxygen atoms in total. The van der Waals surface area contributed by atoms with Gasteiger partial charge in [-0.1, -0.05) is 31.6 Å². The van der Waals surface area contributed by atoms with E-state index in [0.717, 1.165) is 5.56 Å². The SMILES string of the molecule is CCC(C)C(NC(=O)C=Cc1ccc([N+](=O)[O-])cc1)C(=O)Nc1nnc(-c2ccc3c(c2)OCO3)s1. The Balaban J connectivity index is 1.40. The molecule has 2 aromatic carbocycles. The lowest BCUT2D eigenvalue weighted by atomic mass is 9.98. The molecule has 1 aromatic heterocycles. The van der Waals surface area contributed by atoms with Gasteiger partial charge in [-0.25, -0.2) is 0 Å². The number of aromatic nitrogens is 2. The molecule has 1 aliphatic rings. The molecule has 2 unspecified atom stereocenters. The fraction of sp³-hybridized carbons (Fsp3) is 0.250. The minimum Gasteiger partial charge on any atom is -0.454 e. The quantitative estimate of drug-likeness (QED) is 0.250. The van der Waals surface area contributed by atoms with Gasteiger partial charge >= 0.3 is 0 Å². The largest absolute Gasteiger partial charge is 0.454 e. The molecular formula is C24H23N5O6S. The topological polar surface area (TPSA) is 146 Å². The van der Waals surface area contributed by atoms with Crippen molar-refractivity contribution in [3.05, 3.63) is 64.2 Å². The van der Waals surface area contributed by atoms with Crippen LogP contribution in [0.5, 0.6) is 11.5 Å². The molecule has 0 aliphatic carbocycles. The van der Waals surface area contributed by atoms with Crippen molar-refractivity contribution in [2.45, 2.75) is 26.3 Å². The number of carbonyl (C=O) groups is 2. The smallest absolute Gasteiger partial charge is 0.269 e. The number of anilines is 1. The van der Waals surface area contributed by atoms with Crippen molar-refractivity contribution in [2.75, 3.05) is 12.1 Å². The lowest BCUT2D eigenvalue weighted by Crippen LogP contribution is -2.47. The number of nitrogens with one attached hydrogen (secondary N) is 2. The lowest BCUT2D eigenvalue weighted by Gasteiger charge is -2.22. The van der Waals surface area contributed by atoms with Gasteiger partial charge in [0.1, 0.15) is 11.0 Å². The van der Waals surface area contributed by atoms with E-state index < -0.39 is 22.8 Å². The first-order valence-corrected chi connectivity index (χ1v) is 11.9. The van der Waals surface area contributed by atoms with Crippen LogP contribution in [0.25, 0.3) is 16.6 Å². The predicted octanol–water partition coefficient (Wildman–Crippen LogP) is 4.02. The summed E-state index contributed by atoms with van der Waals surface area (Å²) in [6, 6.07) is 10.4. The van der Waals surface area contributed by atoms with Crippen molar-refractivity contribution < 1.29 is 24.0 Å². The Bertz CT molecular complexity index is 1310. The van der Waals surface area contributed by atoms with E-state index in [2.05, 4.69) is 20.8 Å². The van der Waals surface area contributed by atoms with E-state index in [0.29, 0.717) is 33.6 Å².